The average molecular weight is 190 g/mol. The highest BCUT2D eigenvalue weighted by Gasteiger charge is 2.22. The molecule has 0 fully saturated rings. The average Bonchev–Trinajstić information content (AvgIpc) is 2.47. The van der Waals surface area contributed by atoms with Crippen molar-refractivity contribution < 1.29 is 0 Å². The van der Waals surface area contributed by atoms with Gasteiger partial charge in [-0.25, -0.2) is 0 Å². The topological polar surface area (TPSA) is 38.0 Å². The number of anilines is 1. The predicted octanol–water partition coefficient (Wildman–Crippen LogP) is 1.73. The minimum atomic E-state index is 0.551. The summed E-state index contributed by atoms with van der Waals surface area (Å²) < 4.78 is 0. The molecule has 0 amide bonds. The molecule has 0 radical (unpaired) electrons. The Bertz CT molecular complexity index is 331. The molecule has 14 heavy (non-hydrogen) atoms. The fourth-order valence-electron chi connectivity index (χ4n) is 2.27. The van der Waals surface area contributed by atoms with Crippen LogP contribution in [-0.4, -0.2) is 12.1 Å². The highest BCUT2D eigenvalue weighted by atomic mass is 14.9. The first-order valence-corrected chi connectivity index (χ1v) is 5.29. The lowest BCUT2D eigenvalue weighted by atomic mass is 10.1. The van der Waals surface area contributed by atoms with Crippen LogP contribution in [0, 0.1) is 0 Å². The van der Waals surface area contributed by atoms with Gasteiger partial charge in [-0.3, -0.25) is 0 Å². The zero-order chi connectivity index (χ0) is 10.1. The first-order chi connectivity index (χ1) is 6.66. The summed E-state index contributed by atoms with van der Waals surface area (Å²) in [6, 6.07) is 7.36. The van der Waals surface area contributed by atoms with E-state index < -0.39 is 0 Å². The Kier molecular flexibility index (Phi) is 2.46. The Balaban J connectivity index is 2.14. The zero-order valence-electron chi connectivity index (χ0n) is 8.88. The summed E-state index contributed by atoms with van der Waals surface area (Å²) in [4.78, 5) is 0. The van der Waals surface area contributed by atoms with Gasteiger partial charge in [0.25, 0.3) is 0 Å². The molecule has 0 bridgehead atoms. The van der Waals surface area contributed by atoms with Crippen molar-refractivity contribution in [2.45, 2.75) is 38.8 Å². The second kappa shape index (κ2) is 3.62. The van der Waals surface area contributed by atoms with Gasteiger partial charge in [0.05, 0.1) is 0 Å². The van der Waals surface area contributed by atoms with E-state index in [0.29, 0.717) is 12.1 Å². The van der Waals surface area contributed by atoms with Crippen LogP contribution in [0.25, 0.3) is 0 Å². The maximum Gasteiger partial charge on any atom is 0.0349 e. The predicted molar refractivity (Wildman–Crippen MR) is 60.3 cm³/mol. The summed E-state index contributed by atoms with van der Waals surface area (Å²) in [7, 11) is 0. The van der Waals surface area contributed by atoms with E-state index in [1.807, 2.05) is 12.1 Å². The van der Waals surface area contributed by atoms with Gasteiger partial charge in [0, 0.05) is 17.8 Å². The molecule has 1 atom stereocenters. The summed E-state index contributed by atoms with van der Waals surface area (Å²) in [5, 5.41) is 3.56. The third-order valence-corrected chi connectivity index (χ3v) is 2.80. The molecule has 1 aliphatic carbocycles. The van der Waals surface area contributed by atoms with Crippen LogP contribution >= 0.6 is 0 Å². The van der Waals surface area contributed by atoms with E-state index in [4.69, 9.17) is 5.73 Å². The molecule has 2 rings (SSSR count). The van der Waals surface area contributed by atoms with Gasteiger partial charge in [-0.2, -0.15) is 0 Å². The number of benzene rings is 1. The van der Waals surface area contributed by atoms with E-state index >= 15 is 0 Å². The Hall–Kier alpha value is -1.02. The normalized spacial score (nSPS) is 20.1. The lowest BCUT2D eigenvalue weighted by Gasteiger charge is -2.14. The van der Waals surface area contributed by atoms with Crippen LogP contribution in [0.1, 0.15) is 25.0 Å². The van der Waals surface area contributed by atoms with Crippen molar-refractivity contribution in [2.24, 2.45) is 0 Å². The van der Waals surface area contributed by atoms with Crippen LogP contribution < -0.4 is 11.1 Å². The standard InChI is InChI=1S/C12H18N2/c1-8(2)14-10-6-9-4-3-5-12(13)11(9)7-10/h3-5,8,10,14H,6-7,13H2,1-2H3. The molecule has 1 aromatic rings. The SMILES string of the molecule is CC(C)NC1Cc2cccc(N)c2C1. The molecule has 0 saturated heterocycles. The number of fused-ring (bicyclic) bond motifs is 1. The smallest absolute Gasteiger partial charge is 0.0349 e. The van der Waals surface area contributed by atoms with E-state index in [-0.39, 0.29) is 0 Å². The zero-order valence-corrected chi connectivity index (χ0v) is 8.88. The van der Waals surface area contributed by atoms with Crippen LogP contribution in [-0.2, 0) is 12.8 Å². The van der Waals surface area contributed by atoms with Crippen molar-refractivity contribution in [3.8, 4) is 0 Å². The lowest BCUT2D eigenvalue weighted by Crippen LogP contribution is -2.35. The maximum atomic E-state index is 5.94. The molecule has 2 heteroatoms. The van der Waals surface area contributed by atoms with Gasteiger partial charge in [0.2, 0.25) is 0 Å². The van der Waals surface area contributed by atoms with E-state index in [0.717, 1.165) is 18.5 Å². The fraction of sp³-hybridized carbons (Fsp3) is 0.500. The van der Waals surface area contributed by atoms with E-state index in [2.05, 4.69) is 25.2 Å². The van der Waals surface area contributed by atoms with Crippen molar-refractivity contribution in [3.05, 3.63) is 29.3 Å². The summed E-state index contributed by atoms with van der Waals surface area (Å²) in [5.74, 6) is 0. The van der Waals surface area contributed by atoms with Gasteiger partial charge in [0.15, 0.2) is 0 Å². The van der Waals surface area contributed by atoms with Crippen LogP contribution in [0.15, 0.2) is 18.2 Å². The number of nitrogen functional groups attached to an aromatic ring is 1. The maximum absolute atomic E-state index is 5.94. The van der Waals surface area contributed by atoms with Crippen molar-refractivity contribution in [3.63, 3.8) is 0 Å². The summed E-state index contributed by atoms with van der Waals surface area (Å²) in [6.45, 7) is 4.37. The van der Waals surface area contributed by atoms with Gasteiger partial charge >= 0.3 is 0 Å². The summed E-state index contributed by atoms with van der Waals surface area (Å²) in [6.07, 6.45) is 2.21. The van der Waals surface area contributed by atoms with E-state index in [1.54, 1.807) is 0 Å². The van der Waals surface area contributed by atoms with Crippen LogP contribution in [0.5, 0.6) is 0 Å². The van der Waals surface area contributed by atoms with Gasteiger partial charge in [-0.15, -0.1) is 0 Å². The van der Waals surface area contributed by atoms with Gasteiger partial charge < -0.3 is 11.1 Å². The molecule has 1 unspecified atom stereocenters. The molecule has 76 valence electrons. The van der Waals surface area contributed by atoms with Crippen molar-refractivity contribution in [1.82, 2.24) is 5.32 Å². The van der Waals surface area contributed by atoms with Crippen LogP contribution in [0.2, 0.25) is 0 Å². The fourth-order valence-corrected chi connectivity index (χ4v) is 2.27. The molecule has 0 aromatic heterocycles. The molecule has 1 aliphatic rings. The molecular formula is C12H18N2. The highest BCUT2D eigenvalue weighted by Crippen LogP contribution is 2.27. The molecule has 0 spiro atoms. The second-order valence-electron chi connectivity index (χ2n) is 4.41. The number of rotatable bonds is 2. The van der Waals surface area contributed by atoms with Gasteiger partial charge in [-0.05, 0) is 30.0 Å². The Labute approximate surface area is 85.5 Å². The highest BCUT2D eigenvalue weighted by molar-refractivity contribution is 5.53. The molecule has 0 aliphatic heterocycles. The number of nitrogens with one attached hydrogen (secondary N) is 1. The van der Waals surface area contributed by atoms with Crippen LogP contribution in [0.3, 0.4) is 0 Å². The summed E-state index contributed by atoms with van der Waals surface area (Å²) in [5.41, 5.74) is 9.66. The van der Waals surface area contributed by atoms with Crippen molar-refractivity contribution in [2.75, 3.05) is 5.73 Å². The Morgan fingerprint density at radius 1 is 1.36 bits per heavy atom. The van der Waals surface area contributed by atoms with Gasteiger partial charge in [-0.1, -0.05) is 26.0 Å². The van der Waals surface area contributed by atoms with Crippen molar-refractivity contribution >= 4 is 5.69 Å². The molecule has 0 heterocycles. The second-order valence-corrected chi connectivity index (χ2v) is 4.41. The van der Waals surface area contributed by atoms with E-state index in [1.165, 1.54) is 11.1 Å². The minimum absolute atomic E-state index is 0.551. The van der Waals surface area contributed by atoms with Crippen LogP contribution in [0.4, 0.5) is 5.69 Å². The first kappa shape index (κ1) is 9.53. The number of nitrogens with two attached hydrogens (primary N) is 1. The quantitative estimate of drug-likeness (QED) is 0.697. The first-order valence-electron chi connectivity index (χ1n) is 5.29. The van der Waals surface area contributed by atoms with Crippen molar-refractivity contribution in [1.29, 1.82) is 0 Å². The minimum Gasteiger partial charge on any atom is -0.398 e. The number of hydrogen-bond acceptors (Lipinski definition) is 2. The molecular weight excluding hydrogens is 172 g/mol. The number of hydrogen-bond donors (Lipinski definition) is 2. The lowest BCUT2D eigenvalue weighted by molar-refractivity contribution is 0.478. The summed E-state index contributed by atoms with van der Waals surface area (Å²) >= 11 is 0. The third-order valence-electron chi connectivity index (χ3n) is 2.80. The third kappa shape index (κ3) is 1.75. The molecule has 3 N–H and O–H groups in total. The molecule has 0 saturated carbocycles. The Morgan fingerprint density at radius 3 is 2.79 bits per heavy atom. The van der Waals surface area contributed by atoms with E-state index in [9.17, 15) is 0 Å². The monoisotopic (exact) mass is 190 g/mol. The molecule has 2 nitrogen and oxygen atoms in total. The Morgan fingerprint density at radius 2 is 2.14 bits per heavy atom. The largest absolute Gasteiger partial charge is 0.398 e. The molecule has 1 aromatic carbocycles. The van der Waals surface area contributed by atoms with Gasteiger partial charge in [0.1, 0.15) is 0 Å².